The molecule has 0 radical (unpaired) electrons. The predicted molar refractivity (Wildman–Crippen MR) is 82.0 cm³/mol. The van der Waals surface area contributed by atoms with Gasteiger partial charge in [-0.05, 0) is 50.1 Å². The Morgan fingerprint density at radius 3 is 2.47 bits per heavy atom. The maximum Gasteiger partial charge on any atom is 0.148 e. The molecule has 0 bridgehead atoms. The van der Waals surface area contributed by atoms with Gasteiger partial charge in [-0.15, -0.1) is 0 Å². The molecule has 2 N–H and O–H groups in total. The summed E-state index contributed by atoms with van der Waals surface area (Å²) >= 11 is 12.6. The smallest absolute Gasteiger partial charge is 0.148 e. The van der Waals surface area contributed by atoms with E-state index in [1.807, 2.05) is 0 Å². The second-order valence-electron chi connectivity index (χ2n) is 3.82. The van der Waals surface area contributed by atoms with Crippen LogP contribution in [0.1, 0.15) is 5.56 Å². The highest BCUT2D eigenvalue weighted by atomic mass is 79.9. The third-order valence-electron chi connectivity index (χ3n) is 2.42. The number of halogens is 4. The Morgan fingerprint density at radius 2 is 1.84 bits per heavy atom. The highest BCUT2D eigenvalue weighted by Gasteiger charge is 2.11. The van der Waals surface area contributed by atoms with Crippen LogP contribution in [0.4, 0.5) is 10.1 Å². The van der Waals surface area contributed by atoms with E-state index in [1.165, 1.54) is 6.07 Å². The molecule has 0 atom stereocenters. The minimum Gasteiger partial charge on any atom is -0.486 e. The van der Waals surface area contributed by atoms with E-state index in [4.69, 9.17) is 22.1 Å². The molecule has 0 unspecified atom stereocenters. The molecule has 2 aromatic carbocycles. The summed E-state index contributed by atoms with van der Waals surface area (Å²) in [6.45, 7) is 0.164. The molecule has 0 fully saturated rings. The summed E-state index contributed by atoms with van der Waals surface area (Å²) in [6, 6.07) is 8.07. The summed E-state index contributed by atoms with van der Waals surface area (Å²) in [7, 11) is 0. The van der Waals surface area contributed by atoms with Gasteiger partial charge in [-0.3, -0.25) is 0 Å². The summed E-state index contributed by atoms with van der Waals surface area (Å²) in [5.74, 6) is 0.132. The Hall–Kier alpha value is -0.780. The van der Waals surface area contributed by atoms with Crippen LogP contribution >= 0.6 is 43.5 Å². The van der Waals surface area contributed by atoms with Gasteiger partial charge in [0.25, 0.3) is 0 Å². The number of ether oxygens (including phenoxy) is 1. The average Bonchev–Trinajstić information content (AvgIpc) is 2.33. The van der Waals surface area contributed by atoms with Crippen LogP contribution in [0.2, 0.25) is 5.02 Å². The fourth-order valence-electron chi connectivity index (χ4n) is 1.53. The van der Waals surface area contributed by atoms with Gasteiger partial charge in [-0.25, -0.2) is 4.39 Å². The fourth-order valence-corrected chi connectivity index (χ4v) is 3.16. The fraction of sp³-hybridized carbons (Fsp3) is 0.0769. The molecule has 6 heteroatoms. The van der Waals surface area contributed by atoms with E-state index in [-0.39, 0.29) is 11.6 Å². The van der Waals surface area contributed by atoms with Crippen molar-refractivity contribution in [2.45, 2.75) is 6.61 Å². The highest BCUT2D eigenvalue weighted by Crippen LogP contribution is 2.36. The zero-order chi connectivity index (χ0) is 14.0. The van der Waals surface area contributed by atoms with Crippen LogP contribution in [0.5, 0.6) is 5.75 Å². The first-order chi connectivity index (χ1) is 8.99. The SMILES string of the molecule is Nc1cc(Br)c(OCc2cccc(F)c2Cl)c(Br)c1. The molecule has 0 amide bonds. The molecule has 0 aliphatic rings. The Labute approximate surface area is 132 Å². The van der Waals surface area contributed by atoms with Gasteiger partial charge in [-0.2, -0.15) is 0 Å². The average molecular weight is 409 g/mol. The summed E-state index contributed by atoms with van der Waals surface area (Å²) in [4.78, 5) is 0. The molecule has 0 aliphatic heterocycles. The van der Waals surface area contributed by atoms with E-state index in [2.05, 4.69) is 31.9 Å². The van der Waals surface area contributed by atoms with Crippen molar-refractivity contribution in [3.05, 3.63) is 55.7 Å². The van der Waals surface area contributed by atoms with Gasteiger partial charge < -0.3 is 10.5 Å². The first-order valence-electron chi connectivity index (χ1n) is 5.29. The number of benzene rings is 2. The summed E-state index contributed by atoms with van der Waals surface area (Å²) in [5.41, 5.74) is 6.88. The number of hydrogen-bond donors (Lipinski definition) is 1. The normalized spacial score (nSPS) is 10.5. The standard InChI is InChI=1S/C13H9Br2ClFNO/c14-9-4-8(18)5-10(15)13(9)19-6-7-2-1-3-11(17)12(7)16/h1-5H,6,18H2. The molecule has 0 aliphatic carbocycles. The zero-order valence-corrected chi connectivity index (χ0v) is 13.5. The lowest BCUT2D eigenvalue weighted by Gasteiger charge is -2.12. The minimum absolute atomic E-state index is 0.0742. The van der Waals surface area contributed by atoms with E-state index in [9.17, 15) is 4.39 Å². The number of anilines is 1. The van der Waals surface area contributed by atoms with Gasteiger partial charge in [-0.1, -0.05) is 23.7 Å². The van der Waals surface area contributed by atoms with Crippen LogP contribution in [-0.4, -0.2) is 0 Å². The van der Waals surface area contributed by atoms with Gasteiger partial charge >= 0.3 is 0 Å². The molecule has 0 aromatic heterocycles. The van der Waals surface area contributed by atoms with Crippen molar-refractivity contribution in [3.63, 3.8) is 0 Å². The first kappa shape index (κ1) is 14.6. The van der Waals surface area contributed by atoms with Crippen molar-refractivity contribution >= 4 is 49.1 Å². The molecular formula is C13H9Br2ClFNO. The van der Waals surface area contributed by atoms with E-state index >= 15 is 0 Å². The minimum atomic E-state index is -0.460. The molecule has 0 saturated heterocycles. The lowest BCUT2D eigenvalue weighted by Crippen LogP contribution is -1.99. The number of nitrogen functional groups attached to an aromatic ring is 1. The number of hydrogen-bond acceptors (Lipinski definition) is 2. The van der Waals surface area contributed by atoms with Crippen LogP contribution in [0.25, 0.3) is 0 Å². The molecule has 0 spiro atoms. The van der Waals surface area contributed by atoms with Crippen molar-refractivity contribution in [3.8, 4) is 5.75 Å². The van der Waals surface area contributed by atoms with Crippen LogP contribution in [0.15, 0.2) is 39.3 Å². The maximum atomic E-state index is 13.3. The summed E-state index contributed by atoms with van der Waals surface area (Å²) in [5, 5.41) is 0.0742. The van der Waals surface area contributed by atoms with E-state index < -0.39 is 5.82 Å². The number of nitrogens with two attached hydrogens (primary N) is 1. The van der Waals surface area contributed by atoms with Crippen LogP contribution in [-0.2, 0) is 6.61 Å². The van der Waals surface area contributed by atoms with E-state index in [0.717, 1.165) is 0 Å². The molecular weight excluding hydrogens is 400 g/mol. The van der Waals surface area contributed by atoms with Crippen molar-refractivity contribution in [1.82, 2.24) is 0 Å². The van der Waals surface area contributed by atoms with E-state index in [1.54, 1.807) is 24.3 Å². The monoisotopic (exact) mass is 407 g/mol. The van der Waals surface area contributed by atoms with E-state index in [0.29, 0.717) is 25.9 Å². The quantitative estimate of drug-likeness (QED) is 0.711. The molecule has 2 aromatic rings. The van der Waals surface area contributed by atoms with Crippen molar-refractivity contribution in [2.24, 2.45) is 0 Å². The lowest BCUT2D eigenvalue weighted by molar-refractivity contribution is 0.302. The van der Waals surface area contributed by atoms with Crippen LogP contribution in [0.3, 0.4) is 0 Å². The molecule has 19 heavy (non-hydrogen) atoms. The van der Waals surface area contributed by atoms with Crippen LogP contribution in [0, 0.1) is 5.82 Å². The second-order valence-corrected chi connectivity index (χ2v) is 5.90. The molecule has 0 heterocycles. The van der Waals surface area contributed by atoms with Gasteiger partial charge in [0.15, 0.2) is 0 Å². The first-order valence-corrected chi connectivity index (χ1v) is 7.25. The molecule has 100 valence electrons. The van der Waals surface area contributed by atoms with Crippen molar-refractivity contribution < 1.29 is 9.13 Å². The third kappa shape index (κ3) is 3.41. The molecule has 2 rings (SSSR count). The van der Waals surface area contributed by atoms with Crippen molar-refractivity contribution in [1.29, 1.82) is 0 Å². The van der Waals surface area contributed by atoms with Gasteiger partial charge in [0, 0.05) is 11.3 Å². The summed E-state index contributed by atoms with van der Waals surface area (Å²) < 4.78 is 20.4. The molecule has 2 nitrogen and oxygen atoms in total. The van der Waals surface area contributed by atoms with Gasteiger partial charge in [0.05, 0.1) is 14.0 Å². The third-order valence-corrected chi connectivity index (χ3v) is 4.03. The van der Waals surface area contributed by atoms with Gasteiger partial charge in [0.1, 0.15) is 18.2 Å². The topological polar surface area (TPSA) is 35.2 Å². The Bertz CT molecular complexity index is 599. The second kappa shape index (κ2) is 6.11. The zero-order valence-electron chi connectivity index (χ0n) is 9.59. The predicted octanol–water partition coefficient (Wildman–Crippen LogP) is 5.17. The van der Waals surface area contributed by atoms with Crippen molar-refractivity contribution in [2.75, 3.05) is 5.73 Å². The van der Waals surface area contributed by atoms with Gasteiger partial charge in [0.2, 0.25) is 0 Å². The Morgan fingerprint density at radius 1 is 1.21 bits per heavy atom. The van der Waals surface area contributed by atoms with Crippen LogP contribution < -0.4 is 10.5 Å². The lowest BCUT2D eigenvalue weighted by atomic mass is 10.2. The Kier molecular flexibility index (Phi) is 4.71. The largest absolute Gasteiger partial charge is 0.486 e. The maximum absolute atomic E-state index is 13.3. The Balaban J connectivity index is 2.22. The summed E-state index contributed by atoms with van der Waals surface area (Å²) in [6.07, 6.45) is 0. The highest BCUT2D eigenvalue weighted by molar-refractivity contribution is 9.11. The molecule has 0 saturated carbocycles. The number of rotatable bonds is 3.